The molecule has 6 nitrogen and oxygen atoms in total. The minimum absolute atomic E-state index is 0.0485. The molecule has 1 N–H and O–H groups in total. The minimum Gasteiger partial charge on any atom is -0.326 e. The number of benzene rings is 1. The zero-order valence-corrected chi connectivity index (χ0v) is 12.5. The quantitative estimate of drug-likeness (QED) is 0.856. The van der Waals surface area contributed by atoms with Crippen LogP contribution < -0.4 is 5.32 Å². The van der Waals surface area contributed by atoms with Crippen molar-refractivity contribution in [3.05, 3.63) is 24.3 Å². The van der Waals surface area contributed by atoms with Gasteiger partial charge in [-0.2, -0.15) is 0 Å². The van der Waals surface area contributed by atoms with Gasteiger partial charge in [-0.1, -0.05) is 0 Å². The molecular formula is C13H18N2O4S. The summed E-state index contributed by atoms with van der Waals surface area (Å²) < 4.78 is 24.8. The largest absolute Gasteiger partial charge is 0.326 e. The van der Waals surface area contributed by atoms with E-state index >= 15 is 0 Å². The van der Waals surface area contributed by atoms with E-state index in [1.165, 1.54) is 45.3 Å². The molecule has 0 bridgehead atoms. The van der Waals surface area contributed by atoms with Gasteiger partial charge in [0.1, 0.15) is 5.78 Å². The Hall–Kier alpha value is -1.73. The van der Waals surface area contributed by atoms with Gasteiger partial charge in [0.2, 0.25) is 15.9 Å². The highest BCUT2D eigenvalue weighted by atomic mass is 32.2. The summed E-state index contributed by atoms with van der Waals surface area (Å²) in [5.74, 6) is -0.323. The monoisotopic (exact) mass is 298 g/mol. The highest BCUT2D eigenvalue weighted by Crippen LogP contribution is 2.16. The first-order chi connectivity index (χ1) is 9.23. The molecule has 0 aliphatic heterocycles. The zero-order chi connectivity index (χ0) is 15.3. The standard InChI is InChI=1S/C13H18N2O4S/c1-10(16)4-9-13(17)14-11-5-7-12(8-6-11)20(18,19)15(2)3/h5-8H,4,9H2,1-3H3,(H,14,17). The second kappa shape index (κ2) is 6.62. The lowest BCUT2D eigenvalue weighted by Crippen LogP contribution is -2.22. The summed E-state index contributed by atoms with van der Waals surface area (Å²) in [6.45, 7) is 1.42. The minimum atomic E-state index is -3.47. The average Bonchev–Trinajstić information content (AvgIpc) is 2.37. The Morgan fingerprint density at radius 1 is 1.10 bits per heavy atom. The van der Waals surface area contributed by atoms with Crippen LogP contribution in [0, 0.1) is 0 Å². The van der Waals surface area contributed by atoms with Crippen LogP contribution in [0.15, 0.2) is 29.2 Å². The maximum Gasteiger partial charge on any atom is 0.242 e. The second-order valence-electron chi connectivity index (χ2n) is 4.56. The van der Waals surface area contributed by atoms with Crippen molar-refractivity contribution in [2.45, 2.75) is 24.7 Å². The molecule has 0 spiro atoms. The molecule has 0 aliphatic rings. The molecule has 0 saturated carbocycles. The summed E-state index contributed by atoms with van der Waals surface area (Å²) in [6.07, 6.45) is 0.312. The molecule has 1 aromatic rings. The molecule has 110 valence electrons. The highest BCUT2D eigenvalue weighted by molar-refractivity contribution is 7.89. The first-order valence-corrected chi connectivity index (χ1v) is 7.49. The molecule has 7 heteroatoms. The maximum atomic E-state index is 11.8. The normalized spacial score (nSPS) is 11.4. The summed E-state index contributed by atoms with van der Waals surface area (Å²) >= 11 is 0. The summed E-state index contributed by atoms with van der Waals surface area (Å²) in [5.41, 5.74) is 0.497. The van der Waals surface area contributed by atoms with Gasteiger partial charge in [-0.15, -0.1) is 0 Å². The van der Waals surface area contributed by atoms with Crippen molar-refractivity contribution >= 4 is 27.4 Å². The number of nitrogens with zero attached hydrogens (tertiary/aromatic N) is 1. The van der Waals surface area contributed by atoms with E-state index in [0.29, 0.717) is 5.69 Å². The van der Waals surface area contributed by atoms with Crippen LogP contribution >= 0.6 is 0 Å². The topological polar surface area (TPSA) is 83.5 Å². The number of amides is 1. The van der Waals surface area contributed by atoms with E-state index in [2.05, 4.69) is 5.32 Å². The Labute approximate surface area is 118 Å². The smallest absolute Gasteiger partial charge is 0.242 e. The number of sulfonamides is 1. The molecule has 0 aromatic heterocycles. The SMILES string of the molecule is CC(=O)CCC(=O)Nc1ccc(S(=O)(=O)N(C)C)cc1. The molecule has 0 fully saturated rings. The Bertz CT molecular complexity index is 591. The molecule has 0 saturated heterocycles. The van der Waals surface area contributed by atoms with Crippen LogP contribution in [0.4, 0.5) is 5.69 Å². The summed E-state index contributed by atoms with van der Waals surface area (Å²) in [4.78, 5) is 22.4. The number of carbonyl (C=O) groups is 2. The van der Waals surface area contributed by atoms with Crippen LogP contribution in [0.3, 0.4) is 0 Å². The molecule has 0 atom stereocenters. The average molecular weight is 298 g/mol. The number of rotatable bonds is 6. The first kappa shape index (κ1) is 16.3. The molecule has 0 aliphatic carbocycles. The number of hydrogen-bond acceptors (Lipinski definition) is 4. The van der Waals surface area contributed by atoms with Gasteiger partial charge < -0.3 is 10.1 Å². The van der Waals surface area contributed by atoms with Gasteiger partial charge in [0, 0.05) is 32.6 Å². The van der Waals surface area contributed by atoms with Gasteiger partial charge in [0.15, 0.2) is 0 Å². The van der Waals surface area contributed by atoms with Gasteiger partial charge >= 0.3 is 0 Å². The second-order valence-corrected chi connectivity index (χ2v) is 6.71. The number of hydrogen-bond donors (Lipinski definition) is 1. The van der Waals surface area contributed by atoms with E-state index in [4.69, 9.17) is 0 Å². The third kappa shape index (κ3) is 4.43. The maximum absolute atomic E-state index is 11.8. The van der Waals surface area contributed by atoms with Crippen molar-refractivity contribution in [3.8, 4) is 0 Å². The molecule has 1 amide bonds. The third-order valence-electron chi connectivity index (χ3n) is 2.62. The van der Waals surface area contributed by atoms with Gasteiger partial charge in [0.05, 0.1) is 4.90 Å². The van der Waals surface area contributed by atoms with E-state index in [1.54, 1.807) is 0 Å². The highest BCUT2D eigenvalue weighted by Gasteiger charge is 2.16. The number of anilines is 1. The van der Waals surface area contributed by atoms with Crippen molar-refractivity contribution in [2.75, 3.05) is 19.4 Å². The Morgan fingerprint density at radius 2 is 1.65 bits per heavy atom. The van der Waals surface area contributed by atoms with Crippen molar-refractivity contribution in [1.82, 2.24) is 4.31 Å². The van der Waals surface area contributed by atoms with Crippen molar-refractivity contribution in [1.29, 1.82) is 0 Å². The fourth-order valence-electron chi connectivity index (χ4n) is 1.43. The third-order valence-corrected chi connectivity index (χ3v) is 4.45. The fraction of sp³-hybridized carbons (Fsp3) is 0.385. The summed E-state index contributed by atoms with van der Waals surface area (Å²) in [7, 11) is -0.565. The number of ketones is 1. The van der Waals surface area contributed by atoms with Crippen LogP contribution in [-0.2, 0) is 19.6 Å². The molecule has 1 aromatic carbocycles. The van der Waals surface area contributed by atoms with E-state index in [1.807, 2.05) is 0 Å². The zero-order valence-electron chi connectivity index (χ0n) is 11.7. The predicted octanol–water partition coefficient (Wildman–Crippen LogP) is 1.24. The van der Waals surface area contributed by atoms with Gasteiger partial charge in [0.25, 0.3) is 0 Å². The molecule has 0 heterocycles. The van der Waals surface area contributed by atoms with Gasteiger partial charge in [-0.3, -0.25) is 4.79 Å². The van der Waals surface area contributed by atoms with E-state index in [-0.39, 0.29) is 29.4 Å². The van der Waals surface area contributed by atoms with Crippen molar-refractivity contribution in [2.24, 2.45) is 0 Å². The predicted molar refractivity (Wildman–Crippen MR) is 75.9 cm³/mol. The van der Waals surface area contributed by atoms with Crippen LogP contribution in [0.25, 0.3) is 0 Å². The molecule has 20 heavy (non-hydrogen) atoms. The van der Waals surface area contributed by atoms with Crippen molar-refractivity contribution in [3.63, 3.8) is 0 Å². The van der Waals surface area contributed by atoms with E-state index in [0.717, 1.165) is 4.31 Å². The Balaban J connectivity index is 2.73. The summed E-state index contributed by atoms with van der Waals surface area (Å²) in [6, 6.07) is 5.88. The lowest BCUT2D eigenvalue weighted by molar-refractivity contribution is -0.121. The number of nitrogens with one attached hydrogen (secondary N) is 1. The molecule has 1 rings (SSSR count). The molecule has 0 radical (unpaired) electrons. The Kier molecular flexibility index (Phi) is 5.41. The van der Waals surface area contributed by atoms with Crippen molar-refractivity contribution < 1.29 is 18.0 Å². The molecular weight excluding hydrogens is 280 g/mol. The van der Waals surface area contributed by atoms with E-state index in [9.17, 15) is 18.0 Å². The number of carbonyl (C=O) groups excluding carboxylic acids is 2. The lowest BCUT2D eigenvalue weighted by atomic mass is 10.2. The molecule has 0 unspecified atom stereocenters. The Morgan fingerprint density at radius 3 is 2.10 bits per heavy atom. The number of Topliss-reactive ketones (excluding diaryl/α,β-unsaturated/α-hetero) is 1. The van der Waals surface area contributed by atoms with Crippen LogP contribution in [-0.4, -0.2) is 38.5 Å². The van der Waals surface area contributed by atoms with Gasteiger partial charge in [-0.05, 0) is 31.2 Å². The summed E-state index contributed by atoms with van der Waals surface area (Å²) in [5, 5.41) is 2.61. The van der Waals surface area contributed by atoms with Gasteiger partial charge in [-0.25, -0.2) is 12.7 Å². The first-order valence-electron chi connectivity index (χ1n) is 6.05. The van der Waals surface area contributed by atoms with Crippen LogP contribution in [0.5, 0.6) is 0 Å². The lowest BCUT2D eigenvalue weighted by Gasteiger charge is -2.11. The van der Waals surface area contributed by atoms with E-state index < -0.39 is 10.0 Å². The fourth-order valence-corrected chi connectivity index (χ4v) is 2.34. The van der Waals surface area contributed by atoms with Crippen LogP contribution in [0.2, 0.25) is 0 Å². The van der Waals surface area contributed by atoms with Crippen LogP contribution in [0.1, 0.15) is 19.8 Å².